The van der Waals surface area contributed by atoms with Crippen molar-refractivity contribution in [3.63, 3.8) is 0 Å². The van der Waals surface area contributed by atoms with Gasteiger partial charge >= 0.3 is 11.7 Å². The molecule has 0 radical (unpaired) electrons. The summed E-state index contributed by atoms with van der Waals surface area (Å²) < 4.78 is 18.1. The van der Waals surface area contributed by atoms with E-state index in [1.54, 1.807) is 18.2 Å². The largest absolute Gasteiger partial charge is 0.449 e. The number of nitrogens with one attached hydrogen (secondary N) is 3. The molecule has 3 rings (SSSR count). The molecule has 0 aliphatic carbocycles. The predicted octanol–water partition coefficient (Wildman–Crippen LogP) is 1.76. The number of amides is 1. The summed E-state index contributed by atoms with van der Waals surface area (Å²) in [4.78, 5) is 40.7. The number of carbonyl (C=O) groups is 2. The van der Waals surface area contributed by atoms with Gasteiger partial charge in [-0.25, -0.2) is 14.0 Å². The maximum Gasteiger partial charge on any atom is 0.341 e. The van der Waals surface area contributed by atoms with Gasteiger partial charge in [-0.3, -0.25) is 4.79 Å². The van der Waals surface area contributed by atoms with Crippen molar-refractivity contribution < 1.29 is 18.7 Å². The molecule has 3 aromatic rings. The van der Waals surface area contributed by atoms with Gasteiger partial charge in [0.1, 0.15) is 5.82 Å². The third-order valence-corrected chi connectivity index (χ3v) is 3.67. The number of nitrogens with two attached hydrogens (primary N) is 1. The molecule has 0 unspecified atom stereocenters. The highest BCUT2D eigenvalue weighted by Crippen LogP contribution is 2.17. The number of ether oxygens (including phenoxy) is 1. The van der Waals surface area contributed by atoms with E-state index >= 15 is 0 Å². The van der Waals surface area contributed by atoms with Gasteiger partial charge in [-0.05, 0) is 43.3 Å². The minimum atomic E-state index is -1.12. The van der Waals surface area contributed by atoms with E-state index in [0.29, 0.717) is 16.7 Å². The smallest absolute Gasteiger partial charge is 0.341 e. The van der Waals surface area contributed by atoms with Crippen LogP contribution in [0.2, 0.25) is 0 Å². The fraction of sp³-hybridized carbons (Fsp3) is 0.118. The average molecular weight is 358 g/mol. The third kappa shape index (κ3) is 3.56. The fourth-order valence-electron chi connectivity index (χ4n) is 2.35. The number of H-pyrrole nitrogens is 2. The topological polar surface area (TPSA) is 130 Å². The number of nitrogen functional groups attached to an aromatic ring is 1. The molecule has 0 fully saturated rings. The van der Waals surface area contributed by atoms with Crippen LogP contribution in [0.4, 0.5) is 15.8 Å². The summed E-state index contributed by atoms with van der Waals surface area (Å²) in [7, 11) is 0. The first-order valence-electron chi connectivity index (χ1n) is 7.62. The minimum Gasteiger partial charge on any atom is -0.449 e. The number of aromatic amines is 2. The van der Waals surface area contributed by atoms with Crippen LogP contribution in [-0.4, -0.2) is 27.9 Å². The van der Waals surface area contributed by atoms with Crippen molar-refractivity contribution in [3.8, 4) is 0 Å². The minimum absolute atomic E-state index is 0.0302. The van der Waals surface area contributed by atoms with Crippen molar-refractivity contribution >= 4 is 34.3 Å². The summed E-state index contributed by atoms with van der Waals surface area (Å²) in [5.41, 5.74) is 6.65. The molecule has 134 valence electrons. The Hall–Kier alpha value is -3.62. The van der Waals surface area contributed by atoms with Crippen molar-refractivity contribution in [2.45, 2.75) is 13.0 Å². The Morgan fingerprint density at radius 3 is 2.62 bits per heavy atom. The Balaban J connectivity index is 1.68. The molecule has 0 aliphatic heterocycles. The zero-order valence-electron chi connectivity index (χ0n) is 13.6. The quantitative estimate of drug-likeness (QED) is 0.417. The van der Waals surface area contributed by atoms with Crippen LogP contribution in [0.3, 0.4) is 0 Å². The molecule has 8 nitrogen and oxygen atoms in total. The number of hydrogen-bond acceptors (Lipinski definition) is 5. The first kappa shape index (κ1) is 17.2. The summed E-state index contributed by atoms with van der Waals surface area (Å²) in [5.74, 6) is -1.99. The second kappa shape index (κ2) is 6.71. The van der Waals surface area contributed by atoms with E-state index in [9.17, 15) is 18.8 Å². The van der Waals surface area contributed by atoms with Gasteiger partial charge in [-0.15, -0.1) is 0 Å². The van der Waals surface area contributed by atoms with Crippen LogP contribution < -0.4 is 16.7 Å². The maximum absolute atomic E-state index is 13.0. The number of benzene rings is 2. The first-order valence-corrected chi connectivity index (χ1v) is 7.62. The van der Waals surface area contributed by atoms with Crippen LogP contribution in [0.5, 0.6) is 0 Å². The predicted molar refractivity (Wildman–Crippen MR) is 93.2 cm³/mol. The molecule has 1 aromatic heterocycles. The van der Waals surface area contributed by atoms with Crippen LogP contribution in [0.15, 0.2) is 41.2 Å². The number of hydrogen-bond donors (Lipinski definition) is 4. The van der Waals surface area contributed by atoms with Crippen molar-refractivity contribution in [1.82, 2.24) is 9.97 Å². The second-order valence-corrected chi connectivity index (χ2v) is 5.61. The molecule has 1 atom stereocenters. The van der Waals surface area contributed by atoms with Crippen LogP contribution in [0.25, 0.3) is 11.0 Å². The van der Waals surface area contributed by atoms with Crippen LogP contribution in [0, 0.1) is 5.82 Å². The molecule has 26 heavy (non-hydrogen) atoms. The number of anilines is 2. The number of rotatable bonds is 4. The van der Waals surface area contributed by atoms with Crippen LogP contribution in [-0.2, 0) is 9.53 Å². The van der Waals surface area contributed by atoms with Gasteiger partial charge in [0.25, 0.3) is 5.91 Å². The summed E-state index contributed by atoms with van der Waals surface area (Å²) in [6, 6.07) is 8.04. The van der Waals surface area contributed by atoms with E-state index < -0.39 is 23.8 Å². The Bertz CT molecular complexity index is 1060. The molecule has 0 saturated heterocycles. The van der Waals surface area contributed by atoms with Crippen LogP contribution >= 0.6 is 0 Å². The molecule has 5 N–H and O–H groups in total. The number of esters is 1. The second-order valence-electron chi connectivity index (χ2n) is 5.61. The SMILES string of the molecule is C[C@H](OC(=O)c1ccc(F)cc1N)C(=O)Nc1ccc2[nH]c(=O)[nH]c2c1. The lowest BCUT2D eigenvalue weighted by atomic mass is 10.2. The Kier molecular flexibility index (Phi) is 4.44. The monoisotopic (exact) mass is 358 g/mol. The molecular weight excluding hydrogens is 343 g/mol. The fourth-order valence-corrected chi connectivity index (χ4v) is 2.35. The van der Waals surface area contributed by atoms with Gasteiger partial charge in [0.15, 0.2) is 6.10 Å². The Morgan fingerprint density at radius 1 is 1.15 bits per heavy atom. The molecule has 0 aliphatic rings. The van der Waals surface area contributed by atoms with Gasteiger partial charge in [0, 0.05) is 11.4 Å². The van der Waals surface area contributed by atoms with E-state index in [4.69, 9.17) is 10.5 Å². The molecule has 0 spiro atoms. The normalized spacial score (nSPS) is 11.9. The van der Waals surface area contributed by atoms with Gasteiger partial charge in [-0.2, -0.15) is 0 Å². The van der Waals surface area contributed by atoms with Gasteiger partial charge in [0.05, 0.1) is 16.6 Å². The summed E-state index contributed by atoms with van der Waals surface area (Å²) in [5, 5.41) is 2.58. The lowest BCUT2D eigenvalue weighted by molar-refractivity contribution is -0.123. The summed E-state index contributed by atoms with van der Waals surface area (Å²) in [6.07, 6.45) is -1.12. The van der Waals surface area contributed by atoms with E-state index in [1.165, 1.54) is 13.0 Å². The number of halogens is 1. The van der Waals surface area contributed by atoms with Crippen molar-refractivity contribution in [1.29, 1.82) is 0 Å². The Labute approximate surface area is 146 Å². The zero-order valence-corrected chi connectivity index (χ0v) is 13.6. The summed E-state index contributed by atoms with van der Waals surface area (Å²) in [6.45, 7) is 1.39. The van der Waals surface area contributed by atoms with Gasteiger partial charge in [0.2, 0.25) is 0 Å². The first-order chi connectivity index (χ1) is 12.3. The highest BCUT2D eigenvalue weighted by Gasteiger charge is 2.21. The number of fused-ring (bicyclic) bond motifs is 1. The molecular formula is C17H15FN4O4. The number of carbonyl (C=O) groups excluding carboxylic acids is 2. The summed E-state index contributed by atoms with van der Waals surface area (Å²) >= 11 is 0. The number of aromatic nitrogens is 2. The van der Waals surface area contributed by atoms with E-state index in [1.807, 2.05) is 0 Å². The van der Waals surface area contributed by atoms with E-state index in [2.05, 4.69) is 15.3 Å². The molecule has 2 aromatic carbocycles. The standard InChI is InChI=1S/C17H15FN4O4/c1-8(26-16(24)11-4-2-9(18)6-12(11)19)15(23)20-10-3-5-13-14(7-10)22-17(25)21-13/h2-8H,19H2,1H3,(H,20,23)(H2,21,22,25)/t8-/m0/s1. The van der Waals surface area contributed by atoms with Gasteiger partial charge < -0.3 is 25.8 Å². The average Bonchev–Trinajstić information content (AvgIpc) is 2.93. The highest BCUT2D eigenvalue weighted by atomic mass is 19.1. The van der Waals surface area contributed by atoms with Crippen molar-refractivity contribution in [3.05, 3.63) is 58.3 Å². The number of imidazole rings is 1. The molecule has 1 heterocycles. The molecule has 1 amide bonds. The third-order valence-electron chi connectivity index (χ3n) is 3.67. The Morgan fingerprint density at radius 2 is 1.88 bits per heavy atom. The zero-order chi connectivity index (χ0) is 18.8. The van der Waals surface area contributed by atoms with Crippen molar-refractivity contribution in [2.24, 2.45) is 0 Å². The maximum atomic E-state index is 13.0. The molecule has 9 heteroatoms. The lowest BCUT2D eigenvalue weighted by Crippen LogP contribution is -2.30. The van der Waals surface area contributed by atoms with Crippen molar-refractivity contribution in [2.75, 3.05) is 11.1 Å². The lowest BCUT2D eigenvalue weighted by Gasteiger charge is -2.14. The highest BCUT2D eigenvalue weighted by molar-refractivity contribution is 6.00. The van der Waals surface area contributed by atoms with Crippen LogP contribution in [0.1, 0.15) is 17.3 Å². The van der Waals surface area contributed by atoms with Gasteiger partial charge in [-0.1, -0.05) is 0 Å². The molecule has 0 saturated carbocycles. The van der Waals surface area contributed by atoms with E-state index in [-0.39, 0.29) is 16.9 Å². The molecule has 0 bridgehead atoms. The van der Waals surface area contributed by atoms with E-state index in [0.717, 1.165) is 12.1 Å².